The van der Waals surface area contributed by atoms with Crippen LogP contribution in [0, 0.1) is 5.92 Å². The van der Waals surface area contributed by atoms with Crippen LogP contribution in [0.2, 0.25) is 0 Å². The van der Waals surface area contributed by atoms with E-state index >= 15 is 0 Å². The van der Waals surface area contributed by atoms with E-state index in [2.05, 4.69) is 4.98 Å². The number of benzene rings is 2. The highest BCUT2D eigenvalue weighted by Gasteiger charge is 2.35. The van der Waals surface area contributed by atoms with Gasteiger partial charge in [-0.2, -0.15) is 4.31 Å². The van der Waals surface area contributed by atoms with E-state index in [-0.39, 0.29) is 11.8 Å². The second kappa shape index (κ2) is 8.57. The van der Waals surface area contributed by atoms with Gasteiger partial charge < -0.3 is 0 Å². The Morgan fingerprint density at radius 1 is 1.12 bits per heavy atom. The van der Waals surface area contributed by atoms with Gasteiger partial charge in [-0.25, -0.2) is 13.4 Å². The van der Waals surface area contributed by atoms with Crippen molar-refractivity contribution in [2.24, 2.45) is 5.92 Å². The topological polar surface area (TPSA) is 70.6 Å². The van der Waals surface area contributed by atoms with Crippen LogP contribution in [0.1, 0.15) is 37.3 Å². The number of hydrogen-bond acceptors (Lipinski definition) is 5. The molecule has 1 aromatic heterocycles. The fourth-order valence-corrected chi connectivity index (χ4v) is 7.34. The Labute approximate surface area is 192 Å². The number of sulfonamides is 1. The molecule has 0 atom stereocenters. The molecule has 2 heterocycles. The zero-order valence-corrected chi connectivity index (χ0v) is 19.8. The number of anilines is 1. The molecule has 1 fully saturated rings. The van der Waals surface area contributed by atoms with Crippen molar-refractivity contribution >= 4 is 42.6 Å². The Kier molecular flexibility index (Phi) is 5.77. The van der Waals surface area contributed by atoms with Crippen molar-refractivity contribution in [1.29, 1.82) is 0 Å². The highest BCUT2D eigenvalue weighted by Crippen LogP contribution is 2.32. The molecule has 5 rings (SSSR count). The number of carbonyl (C=O) groups is 1. The summed E-state index contributed by atoms with van der Waals surface area (Å²) in [6.07, 6.45) is 4.14. The van der Waals surface area contributed by atoms with Crippen molar-refractivity contribution in [1.82, 2.24) is 9.29 Å². The van der Waals surface area contributed by atoms with Gasteiger partial charge in [0.05, 0.1) is 15.1 Å². The number of carbonyl (C=O) groups excluding carboxylic acids is 1. The fraction of sp³-hybridized carbons (Fsp3) is 0.417. The molecule has 32 heavy (non-hydrogen) atoms. The van der Waals surface area contributed by atoms with E-state index in [0.717, 1.165) is 35.0 Å². The maximum Gasteiger partial charge on any atom is 0.243 e. The van der Waals surface area contributed by atoms with Crippen LogP contribution in [-0.2, 0) is 27.7 Å². The molecule has 2 aliphatic rings. The fourth-order valence-electron chi connectivity index (χ4n) is 4.78. The molecule has 1 aliphatic carbocycles. The third-order valence-electron chi connectivity index (χ3n) is 6.61. The van der Waals surface area contributed by atoms with Crippen LogP contribution in [0.3, 0.4) is 0 Å². The molecule has 1 aliphatic heterocycles. The zero-order chi connectivity index (χ0) is 22.3. The van der Waals surface area contributed by atoms with E-state index in [0.29, 0.717) is 42.5 Å². The number of aryl methyl sites for hydroxylation is 2. The average Bonchev–Trinajstić information content (AvgIpc) is 3.45. The van der Waals surface area contributed by atoms with E-state index in [1.807, 2.05) is 43.3 Å². The predicted molar refractivity (Wildman–Crippen MR) is 128 cm³/mol. The summed E-state index contributed by atoms with van der Waals surface area (Å²) < 4.78 is 29.0. The lowest BCUT2D eigenvalue weighted by Gasteiger charge is -2.32. The summed E-state index contributed by atoms with van der Waals surface area (Å²) in [6, 6.07) is 13.4. The number of para-hydroxylation sites is 1. The second-order valence-electron chi connectivity index (χ2n) is 8.51. The summed E-state index contributed by atoms with van der Waals surface area (Å²) in [5, 5.41) is 0.715. The number of thiazole rings is 1. The van der Waals surface area contributed by atoms with Crippen LogP contribution in [-0.4, -0.2) is 43.2 Å². The zero-order valence-electron chi connectivity index (χ0n) is 18.2. The van der Waals surface area contributed by atoms with Gasteiger partial charge in [0, 0.05) is 25.6 Å². The molecule has 1 amide bonds. The number of fused-ring (bicyclic) bond motifs is 2. The molecule has 0 N–H and O–H groups in total. The highest BCUT2D eigenvalue weighted by atomic mass is 32.2. The summed E-state index contributed by atoms with van der Waals surface area (Å²) >= 11 is 1.52. The van der Waals surface area contributed by atoms with Crippen molar-refractivity contribution in [3.63, 3.8) is 0 Å². The molecule has 0 saturated carbocycles. The average molecular weight is 470 g/mol. The van der Waals surface area contributed by atoms with Gasteiger partial charge in [0.25, 0.3) is 0 Å². The van der Waals surface area contributed by atoms with E-state index in [9.17, 15) is 13.2 Å². The Balaban J connectivity index is 1.28. The van der Waals surface area contributed by atoms with E-state index in [1.165, 1.54) is 16.9 Å². The summed E-state index contributed by atoms with van der Waals surface area (Å²) in [7, 11) is -3.53. The number of piperidine rings is 1. The molecule has 8 heteroatoms. The minimum Gasteiger partial charge on any atom is -0.288 e. The van der Waals surface area contributed by atoms with Gasteiger partial charge in [0.15, 0.2) is 5.13 Å². The van der Waals surface area contributed by atoms with Crippen LogP contribution in [0.5, 0.6) is 0 Å². The van der Waals surface area contributed by atoms with Gasteiger partial charge >= 0.3 is 0 Å². The van der Waals surface area contributed by atoms with Gasteiger partial charge in [-0.1, -0.05) is 29.5 Å². The number of aromatic nitrogens is 1. The Morgan fingerprint density at radius 3 is 2.62 bits per heavy atom. The van der Waals surface area contributed by atoms with Crippen LogP contribution in [0.15, 0.2) is 47.4 Å². The SMILES string of the molecule is CCN(C(=O)C1CCN(S(=O)(=O)c2ccc3c(c2)CCC3)CC1)c1nc2ccccc2s1. The molecule has 0 bridgehead atoms. The van der Waals surface area contributed by atoms with Crippen molar-refractivity contribution in [3.05, 3.63) is 53.6 Å². The summed E-state index contributed by atoms with van der Waals surface area (Å²) in [4.78, 5) is 20.1. The minimum absolute atomic E-state index is 0.0427. The Hall–Kier alpha value is -2.29. The minimum atomic E-state index is -3.53. The van der Waals surface area contributed by atoms with Crippen molar-refractivity contribution in [2.75, 3.05) is 24.5 Å². The van der Waals surface area contributed by atoms with Gasteiger partial charge in [0.2, 0.25) is 15.9 Å². The standard InChI is InChI=1S/C24H27N3O3S2/c1-2-27(24-25-21-8-3-4-9-22(21)31-24)23(28)18-12-14-26(15-13-18)32(29,30)20-11-10-17-6-5-7-19(17)16-20/h3-4,8-11,16,18H,2,5-7,12-15H2,1H3. The smallest absolute Gasteiger partial charge is 0.243 e. The van der Waals surface area contributed by atoms with Gasteiger partial charge in [0.1, 0.15) is 0 Å². The molecule has 3 aromatic rings. The lowest BCUT2D eigenvalue weighted by molar-refractivity contribution is -0.123. The first kappa shape index (κ1) is 21.6. The highest BCUT2D eigenvalue weighted by molar-refractivity contribution is 7.89. The normalized spacial score (nSPS) is 17.5. The molecular formula is C24H27N3O3S2. The third kappa shape index (κ3) is 3.84. The van der Waals surface area contributed by atoms with Crippen LogP contribution < -0.4 is 4.90 Å². The third-order valence-corrected chi connectivity index (χ3v) is 9.56. The van der Waals surface area contributed by atoms with Crippen molar-refractivity contribution in [2.45, 2.75) is 43.9 Å². The molecule has 0 unspecified atom stereocenters. The number of hydrogen-bond donors (Lipinski definition) is 0. The van der Waals surface area contributed by atoms with Crippen LogP contribution in [0.4, 0.5) is 5.13 Å². The summed E-state index contributed by atoms with van der Waals surface area (Å²) in [6.45, 7) is 3.24. The summed E-state index contributed by atoms with van der Waals surface area (Å²) in [5.74, 6) is -0.144. The number of rotatable bonds is 5. The lowest BCUT2D eigenvalue weighted by Crippen LogP contribution is -2.44. The van der Waals surface area contributed by atoms with Crippen molar-refractivity contribution in [3.8, 4) is 0 Å². The molecule has 168 valence electrons. The van der Waals surface area contributed by atoms with Crippen LogP contribution >= 0.6 is 11.3 Å². The Morgan fingerprint density at radius 2 is 1.88 bits per heavy atom. The van der Waals surface area contributed by atoms with E-state index in [1.54, 1.807) is 15.3 Å². The van der Waals surface area contributed by atoms with Gasteiger partial charge in [-0.3, -0.25) is 9.69 Å². The molecule has 2 aromatic carbocycles. The summed E-state index contributed by atoms with van der Waals surface area (Å²) in [5.41, 5.74) is 3.32. The monoisotopic (exact) mass is 469 g/mol. The first-order chi connectivity index (χ1) is 15.5. The molecular weight excluding hydrogens is 442 g/mol. The van der Waals surface area contributed by atoms with Crippen molar-refractivity contribution < 1.29 is 13.2 Å². The van der Waals surface area contributed by atoms with Gasteiger partial charge in [-0.15, -0.1) is 0 Å². The second-order valence-corrected chi connectivity index (χ2v) is 11.5. The Bertz CT molecular complexity index is 1230. The molecule has 6 nitrogen and oxygen atoms in total. The van der Waals surface area contributed by atoms with Crippen LogP contribution in [0.25, 0.3) is 10.2 Å². The lowest BCUT2D eigenvalue weighted by atomic mass is 9.96. The maximum absolute atomic E-state index is 13.3. The maximum atomic E-state index is 13.3. The molecule has 1 saturated heterocycles. The first-order valence-corrected chi connectivity index (χ1v) is 13.5. The number of amides is 1. The van der Waals surface area contributed by atoms with E-state index in [4.69, 9.17) is 0 Å². The molecule has 0 radical (unpaired) electrons. The van der Waals surface area contributed by atoms with Gasteiger partial charge in [-0.05, 0) is 74.4 Å². The largest absolute Gasteiger partial charge is 0.288 e. The van der Waals surface area contributed by atoms with E-state index < -0.39 is 10.0 Å². The predicted octanol–water partition coefficient (Wildman–Crippen LogP) is 4.24. The number of nitrogens with zero attached hydrogens (tertiary/aromatic N) is 3. The quantitative estimate of drug-likeness (QED) is 0.560. The molecule has 0 spiro atoms. The first-order valence-electron chi connectivity index (χ1n) is 11.3.